The van der Waals surface area contributed by atoms with Crippen molar-refractivity contribution in [1.82, 2.24) is 4.90 Å². The van der Waals surface area contributed by atoms with Crippen LogP contribution in [-0.2, 0) is 9.59 Å². The predicted molar refractivity (Wildman–Crippen MR) is 66.9 cm³/mol. The molecule has 0 aromatic carbocycles. The van der Waals surface area contributed by atoms with Crippen LogP contribution < -0.4 is 0 Å². The lowest BCUT2D eigenvalue weighted by Crippen LogP contribution is -2.42. The van der Waals surface area contributed by atoms with Gasteiger partial charge in [-0.1, -0.05) is 33.1 Å². The summed E-state index contributed by atoms with van der Waals surface area (Å²) in [4.78, 5) is 25.7. The first-order chi connectivity index (χ1) is 7.88. The smallest absolute Gasteiger partial charge is 0.236 e. The van der Waals surface area contributed by atoms with Crippen LogP contribution in [0.4, 0.5) is 0 Å². The summed E-state index contributed by atoms with van der Waals surface area (Å²) in [6.45, 7) is 7.80. The van der Waals surface area contributed by atoms with E-state index in [1.807, 2.05) is 27.7 Å². The Bertz CT molecular complexity index is 367. The van der Waals surface area contributed by atoms with Gasteiger partial charge >= 0.3 is 0 Å². The summed E-state index contributed by atoms with van der Waals surface area (Å²) in [7, 11) is 0. The number of carbonyl (C=O) groups is 2. The van der Waals surface area contributed by atoms with E-state index in [-0.39, 0.29) is 30.2 Å². The molecule has 2 amide bonds. The Balaban J connectivity index is 3.01. The number of hydrogen-bond acceptors (Lipinski definition) is 2. The van der Waals surface area contributed by atoms with Crippen LogP contribution in [0.15, 0.2) is 0 Å². The average Bonchev–Trinajstić information content (AvgIpc) is 2.49. The number of nitrogens with zero attached hydrogens (tertiary/aromatic N) is 1. The number of likely N-dealkylation sites (tertiary alicyclic amines) is 1. The molecule has 0 saturated carbocycles. The number of hydrogen-bond donors (Lipinski definition) is 0. The lowest BCUT2D eigenvalue weighted by molar-refractivity contribution is -0.143. The highest BCUT2D eigenvalue weighted by Crippen LogP contribution is 2.40. The fourth-order valence-electron chi connectivity index (χ4n) is 2.19. The van der Waals surface area contributed by atoms with Crippen LogP contribution in [0.5, 0.6) is 0 Å². The van der Waals surface area contributed by atoms with E-state index in [0.717, 1.165) is 6.42 Å². The van der Waals surface area contributed by atoms with Crippen LogP contribution in [0.1, 0.15) is 47.0 Å². The normalized spacial score (nSPS) is 26.5. The molecule has 1 saturated heterocycles. The summed E-state index contributed by atoms with van der Waals surface area (Å²) in [6, 6.07) is -0.374. The van der Waals surface area contributed by atoms with Gasteiger partial charge in [-0.3, -0.25) is 14.5 Å². The second-order valence-corrected chi connectivity index (χ2v) is 5.29. The topological polar surface area (TPSA) is 37.4 Å². The molecule has 0 spiro atoms. The van der Waals surface area contributed by atoms with Gasteiger partial charge in [0.15, 0.2) is 0 Å². The van der Waals surface area contributed by atoms with Gasteiger partial charge in [0.25, 0.3) is 0 Å². The van der Waals surface area contributed by atoms with Gasteiger partial charge in [-0.05, 0) is 19.3 Å². The Kier molecular flexibility index (Phi) is 3.98. The molecule has 1 aliphatic heterocycles. The predicted octanol–water partition coefficient (Wildman–Crippen LogP) is 2.21. The van der Waals surface area contributed by atoms with Crippen molar-refractivity contribution in [3.05, 3.63) is 0 Å². The van der Waals surface area contributed by atoms with Gasteiger partial charge in [0.05, 0.1) is 5.41 Å². The summed E-state index contributed by atoms with van der Waals surface area (Å²) < 4.78 is 0. The van der Waals surface area contributed by atoms with Gasteiger partial charge in [0.1, 0.15) is 6.04 Å². The summed E-state index contributed by atoms with van der Waals surface area (Å²) in [5, 5.41) is 0. The molecule has 0 aliphatic carbocycles. The molecule has 1 aliphatic rings. The monoisotopic (exact) mass is 235 g/mol. The Labute approximate surface area is 104 Å². The SMILES string of the molecule is C#CC(CCC)N1C(=O)CC(C)(C(C)C)C1=O. The summed E-state index contributed by atoms with van der Waals surface area (Å²) >= 11 is 0. The molecule has 3 heteroatoms. The standard InChI is InChI=1S/C14H21NO2/c1-6-8-11(7-2)15-12(16)9-14(5,10(3)4)13(15)17/h2,10-11H,6,8-9H2,1,3-5H3. The first-order valence-corrected chi connectivity index (χ1v) is 6.21. The Morgan fingerprint density at radius 3 is 2.41 bits per heavy atom. The van der Waals surface area contributed by atoms with Crippen LogP contribution in [0, 0.1) is 23.7 Å². The highest BCUT2D eigenvalue weighted by molar-refractivity contribution is 6.06. The zero-order chi connectivity index (χ0) is 13.2. The number of carbonyl (C=O) groups excluding carboxylic acids is 2. The van der Waals surface area contributed by atoms with Crippen LogP contribution in [0.2, 0.25) is 0 Å². The molecule has 17 heavy (non-hydrogen) atoms. The molecular formula is C14H21NO2. The van der Waals surface area contributed by atoms with Crippen LogP contribution in [0.25, 0.3) is 0 Å². The van der Waals surface area contributed by atoms with Crippen molar-refractivity contribution < 1.29 is 9.59 Å². The molecule has 0 N–H and O–H groups in total. The van der Waals surface area contributed by atoms with E-state index >= 15 is 0 Å². The molecule has 0 radical (unpaired) electrons. The van der Waals surface area contributed by atoms with Crippen molar-refractivity contribution in [2.24, 2.45) is 11.3 Å². The van der Waals surface area contributed by atoms with Crippen molar-refractivity contribution in [2.45, 2.75) is 53.0 Å². The third-order valence-electron chi connectivity index (χ3n) is 3.83. The van der Waals surface area contributed by atoms with E-state index in [2.05, 4.69) is 5.92 Å². The van der Waals surface area contributed by atoms with Gasteiger partial charge in [-0.15, -0.1) is 6.42 Å². The van der Waals surface area contributed by atoms with E-state index in [4.69, 9.17) is 6.42 Å². The Hall–Kier alpha value is -1.30. The van der Waals surface area contributed by atoms with Gasteiger partial charge in [-0.2, -0.15) is 0 Å². The molecule has 2 atom stereocenters. The second-order valence-electron chi connectivity index (χ2n) is 5.29. The number of rotatable bonds is 4. The molecule has 3 nitrogen and oxygen atoms in total. The van der Waals surface area contributed by atoms with E-state index in [9.17, 15) is 9.59 Å². The Morgan fingerprint density at radius 1 is 1.47 bits per heavy atom. The zero-order valence-corrected chi connectivity index (χ0v) is 11.1. The van der Waals surface area contributed by atoms with E-state index in [0.29, 0.717) is 6.42 Å². The highest BCUT2D eigenvalue weighted by Gasteiger charge is 2.51. The minimum atomic E-state index is -0.583. The van der Waals surface area contributed by atoms with Crippen LogP contribution in [0.3, 0.4) is 0 Å². The van der Waals surface area contributed by atoms with Crippen molar-refractivity contribution in [3.63, 3.8) is 0 Å². The summed E-state index contributed by atoms with van der Waals surface area (Å²) in [6.07, 6.45) is 7.26. The highest BCUT2D eigenvalue weighted by atomic mass is 16.2. The fourth-order valence-corrected chi connectivity index (χ4v) is 2.19. The minimum absolute atomic E-state index is 0.103. The summed E-state index contributed by atoms with van der Waals surface area (Å²) in [5.41, 5.74) is -0.583. The number of amides is 2. The quantitative estimate of drug-likeness (QED) is 0.553. The minimum Gasteiger partial charge on any atom is -0.274 e. The van der Waals surface area contributed by atoms with Gasteiger partial charge in [0, 0.05) is 6.42 Å². The fraction of sp³-hybridized carbons (Fsp3) is 0.714. The van der Waals surface area contributed by atoms with Crippen molar-refractivity contribution >= 4 is 11.8 Å². The van der Waals surface area contributed by atoms with Crippen LogP contribution in [-0.4, -0.2) is 22.8 Å². The lowest BCUT2D eigenvalue weighted by Gasteiger charge is -2.28. The van der Waals surface area contributed by atoms with E-state index in [1.165, 1.54) is 4.90 Å². The largest absolute Gasteiger partial charge is 0.274 e. The Morgan fingerprint density at radius 2 is 2.06 bits per heavy atom. The lowest BCUT2D eigenvalue weighted by atomic mass is 9.78. The molecule has 1 fully saturated rings. The van der Waals surface area contributed by atoms with Crippen molar-refractivity contribution in [3.8, 4) is 12.3 Å². The molecule has 94 valence electrons. The number of terminal acetylenes is 1. The van der Waals surface area contributed by atoms with E-state index in [1.54, 1.807) is 0 Å². The van der Waals surface area contributed by atoms with Crippen molar-refractivity contribution in [2.75, 3.05) is 0 Å². The maximum Gasteiger partial charge on any atom is 0.236 e. The molecule has 0 aromatic rings. The third kappa shape index (κ3) is 2.22. The van der Waals surface area contributed by atoms with Crippen molar-refractivity contribution in [1.29, 1.82) is 0 Å². The maximum absolute atomic E-state index is 12.4. The average molecular weight is 235 g/mol. The summed E-state index contributed by atoms with van der Waals surface area (Å²) in [5.74, 6) is 2.48. The first-order valence-electron chi connectivity index (χ1n) is 6.21. The molecule has 1 heterocycles. The maximum atomic E-state index is 12.4. The number of imide groups is 1. The van der Waals surface area contributed by atoms with Gasteiger partial charge in [0.2, 0.25) is 11.8 Å². The molecule has 1 rings (SSSR count). The van der Waals surface area contributed by atoms with Gasteiger partial charge < -0.3 is 0 Å². The zero-order valence-electron chi connectivity index (χ0n) is 11.1. The molecule has 0 aromatic heterocycles. The van der Waals surface area contributed by atoms with E-state index < -0.39 is 5.41 Å². The first kappa shape index (κ1) is 13.8. The van der Waals surface area contributed by atoms with Crippen LogP contribution >= 0.6 is 0 Å². The second kappa shape index (κ2) is 4.91. The van der Waals surface area contributed by atoms with Gasteiger partial charge in [-0.25, -0.2) is 0 Å². The molecule has 0 bridgehead atoms. The third-order valence-corrected chi connectivity index (χ3v) is 3.83. The molecule has 2 unspecified atom stereocenters. The molecular weight excluding hydrogens is 214 g/mol.